The van der Waals surface area contributed by atoms with E-state index in [4.69, 9.17) is 20.8 Å². The average Bonchev–Trinajstić information content (AvgIpc) is 3.33. The van der Waals surface area contributed by atoms with Crippen molar-refractivity contribution in [2.75, 3.05) is 12.4 Å². The molecule has 1 N–H and O–H groups in total. The lowest BCUT2D eigenvalue weighted by Crippen LogP contribution is -2.06. The van der Waals surface area contributed by atoms with E-state index < -0.39 is 0 Å². The van der Waals surface area contributed by atoms with E-state index in [9.17, 15) is 9.18 Å². The Labute approximate surface area is 180 Å². The highest BCUT2D eigenvalue weighted by Gasteiger charge is 2.10. The number of hydrogen-bond donors (Lipinski definition) is 1. The summed E-state index contributed by atoms with van der Waals surface area (Å²) in [5, 5.41) is 4.53. The first-order chi connectivity index (χ1) is 14.5. The van der Waals surface area contributed by atoms with Crippen molar-refractivity contribution in [1.29, 1.82) is 0 Å². The third-order valence-corrected chi connectivity index (χ3v) is 5.39. The summed E-state index contributed by atoms with van der Waals surface area (Å²) >= 11 is 7.43. The van der Waals surface area contributed by atoms with Crippen LogP contribution < -0.4 is 10.1 Å². The van der Waals surface area contributed by atoms with Crippen LogP contribution in [0.5, 0.6) is 5.75 Å². The number of furan rings is 1. The largest absolute Gasteiger partial charge is 0.493 e. The van der Waals surface area contributed by atoms with Crippen molar-refractivity contribution < 1.29 is 18.3 Å². The van der Waals surface area contributed by atoms with Crippen molar-refractivity contribution in [3.05, 3.63) is 81.8 Å². The predicted molar refractivity (Wildman–Crippen MR) is 117 cm³/mol. The molecule has 0 unspecified atom stereocenters. The Balaban J connectivity index is 1.41. The molecule has 2 aromatic carbocycles. The number of hydrogen-bond acceptors (Lipinski definition) is 5. The molecule has 8 heteroatoms. The molecule has 0 fully saturated rings. The molecule has 0 spiro atoms. The first kappa shape index (κ1) is 20.1. The minimum Gasteiger partial charge on any atom is -0.493 e. The van der Waals surface area contributed by atoms with Crippen molar-refractivity contribution >= 4 is 51.0 Å². The van der Waals surface area contributed by atoms with Gasteiger partial charge in [0.05, 0.1) is 7.11 Å². The van der Waals surface area contributed by atoms with Crippen LogP contribution in [0.2, 0.25) is 5.02 Å². The molecule has 0 saturated heterocycles. The van der Waals surface area contributed by atoms with Gasteiger partial charge in [-0.2, -0.15) is 0 Å². The Morgan fingerprint density at radius 2 is 2.10 bits per heavy atom. The van der Waals surface area contributed by atoms with Crippen molar-refractivity contribution in [3.63, 3.8) is 0 Å². The molecule has 2 aromatic heterocycles. The number of benzene rings is 2. The highest BCUT2D eigenvalue weighted by Crippen LogP contribution is 2.32. The fraction of sp³-hybridized carbons (Fsp3) is 0.0909. The van der Waals surface area contributed by atoms with Gasteiger partial charge in [0.1, 0.15) is 11.6 Å². The molecule has 0 atom stereocenters. The number of methoxy groups -OCH3 is 1. The lowest BCUT2D eigenvalue weighted by molar-refractivity contribution is -0.111. The molecule has 30 heavy (non-hydrogen) atoms. The van der Waals surface area contributed by atoms with Gasteiger partial charge in [0.25, 0.3) is 0 Å². The summed E-state index contributed by atoms with van der Waals surface area (Å²) in [4.78, 5) is 17.4. The van der Waals surface area contributed by atoms with E-state index in [-0.39, 0.29) is 11.7 Å². The van der Waals surface area contributed by atoms with E-state index in [1.807, 2.05) is 0 Å². The summed E-state index contributed by atoms with van der Waals surface area (Å²) in [6, 6.07) is 11.5. The van der Waals surface area contributed by atoms with Gasteiger partial charge in [-0.1, -0.05) is 23.7 Å². The first-order valence-corrected chi connectivity index (χ1v) is 10.1. The van der Waals surface area contributed by atoms with Crippen molar-refractivity contribution in [3.8, 4) is 5.75 Å². The van der Waals surface area contributed by atoms with Gasteiger partial charge >= 0.3 is 0 Å². The molecular formula is C22H16ClFN2O3S. The van der Waals surface area contributed by atoms with E-state index in [1.165, 1.54) is 36.7 Å². The second-order valence-corrected chi connectivity index (χ2v) is 7.98. The van der Waals surface area contributed by atoms with Crippen LogP contribution in [0.25, 0.3) is 17.0 Å². The molecule has 0 aliphatic carbocycles. The molecule has 0 aliphatic rings. The smallest absolute Gasteiger partial charge is 0.250 e. The molecular weight excluding hydrogens is 427 g/mol. The monoisotopic (exact) mass is 442 g/mol. The Bertz CT molecular complexity index is 1230. The average molecular weight is 443 g/mol. The number of anilines is 1. The van der Waals surface area contributed by atoms with E-state index in [0.717, 1.165) is 15.8 Å². The van der Waals surface area contributed by atoms with Gasteiger partial charge in [0, 0.05) is 40.0 Å². The summed E-state index contributed by atoms with van der Waals surface area (Å²) in [5.41, 5.74) is 1.53. The number of nitrogens with zero attached hydrogens (tertiary/aromatic N) is 1. The molecule has 5 nitrogen and oxygen atoms in total. The zero-order valence-electron chi connectivity index (χ0n) is 15.8. The van der Waals surface area contributed by atoms with Gasteiger partial charge in [-0.05, 0) is 35.9 Å². The van der Waals surface area contributed by atoms with Gasteiger partial charge in [0.2, 0.25) is 5.91 Å². The van der Waals surface area contributed by atoms with Crippen molar-refractivity contribution in [2.24, 2.45) is 0 Å². The van der Waals surface area contributed by atoms with Gasteiger partial charge < -0.3 is 9.15 Å². The summed E-state index contributed by atoms with van der Waals surface area (Å²) in [7, 11) is 1.54. The number of thiazole rings is 1. The predicted octanol–water partition coefficient (Wildman–Crippen LogP) is 5.93. The Hall–Kier alpha value is -3.16. The maximum Gasteiger partial charge on any atom is 0.250 e. The first-order valence-electron chi connectivity index (χ1n) is 8.95. The standard InChI is InChI=1S/C22H16ClFN2O3S/c1-28-19-11-15(23)9-14-10-17(29-21(14)19)6-7-20(27)26-22-25-12-18(30-22)8-13-2-4-16(24)5-3-13/h2-7,9-12H,8H2,1H3,(H,25,26,27)/b7-6+. The van der Waals surface area contributed by atoms with Crippen LogP contribution in [0.15, 0.2) is 59.2 Å². The summed E-state index contributed by atoms with van der Waals surface area (Å²) in [6.07, 6.45) is 5.25. The van der Waals surface area contributed by atoms with E-state index in [1.54, 1.807) is 42.6 Å². The van der Waals surface area contributed by atoms with Crippen LogP contribution >= 0.6 is 22.9 Å². The lowest BCUT2D eigenvalue weighted by atomic mass is 10.1. The summed E-state index contributed by atoms with van der Waals surface area (Å²) in [6.45, 7) is 0. The lowest BCUT2D eigenvalue weighted by Gasteiger charge is -2.00. The van der Waals surface area contributed by atoms with E-state index in [2.05, 4.69) is 10.3 Å². The summed E-state index contributed by atoms with van der Waals surface area (Å²) in [5.74, 6) is 0.423. The number of aromatic nitrogens is 1. The van der Waals surface area contributed by atoms with E-state index >= 15 is 0 Å². The molecule has 1 amide bonds. The molecule has 0 bridgehead atoms. The second-order valence-electron chi connectivity index (χ2n) is 6.43. The van der Waals surface area contributed by atoms with Gasteiger partial charge in [-0.15, -0.1) is 11.3 Å². The van der Waals surface area contributed by atoms with Crippen LogP contribution in [0, 0.1) is 5.82 Å². The number of amides is 1. The SMILES string of the molecule is COc1cc(Cl)cc2cc(/C=C/C(=O)Nc3ncc(Cc4ccc(F)cc4)s3)oc12. The number of halogens is 2. The second kappa shape index (κ2) is 8.69. The summed E-state index contributed by atoms with van der Waals surface area (Å²) < 4.78 is 24.0. The zero-order chi connectivity index (χ0) is 21.1. The molecule has 0 saturated carbocycles. The maximum absolute atomic E-state index is 13.0. The number of carbonyl (C=O) groups excluding carboxylic acids is 1. The van der Waals surface area contributed by atoms with Gasteiger partial charge in [-0.3, -0.25) is 10.1 Å². The number of rotatable bonds is 6. The Morgan fingerprint density at radius 1 is 1.30 bits per heavy atom. The van der Waals surface area contributed by atoms with Crippen LogP contribution in [-0.4, -0.2) is 18.0 Å². The van der Waals surface area contributed by atoms with Crippen LogP contribution in [0.3, 0.4) is 0 Å². The third-order valence-electron chi connectivity index (χ3n) is 4.26. The molecule has 2 heterocycles. The Kier molecular flexibility index (Phi) is 5.83. The highest BCUT2D eigenvalue weighted by molar-refractivity contribution is 7.15. The maximum atomic E-state index is 13.0. The third kappa shape index (κ3) is 4.69. The van der Waals surface area contributed by atoms with Crippen molar-refractivity contribution in [2.45, 2.75) is 6.42 Å². The van der Waals surface area contributed by atoms with Crippen LogP contribution in [0.4, 0.5) is 9.52 Å². The highest BCUT2D eigenvalue weighted by atomic mass is 35.5. The van der Waals surface area contributed by atoms with E-state index in [0.29, 0.717) is 33.7 Å². The molecule has 4 aromatic rings. The van der Waals surface area contributed by atoms with Gasteiger partial charge in [-0.25, -0.2) is 9.37 Å². The van der Waals surface area contributed by atoms with Crippen LogP contribution in [-0.2, 0) is 11.2 Å². The number of nitrogens with one attached hydrogen (secondary N) is 1. The molecule has 152 valence electrons. The molecule has 0 aliphatic heterocycles. The number of carbonyl (C=O) groups is 1. The minimum atomic E-state index is -0.330. The topological polar surface area (TPSA) is 64.4 Å². The number of fused-ring (bicyclic) bond motifs is 1. The van der Waals surface area contributed by atoms with Gasteiger partial charge in [0.15, 0.2) is 16.5 Å². The van der Waals surface area contributed by atoms with Crippen molar-refractivity contribution in [1.82, 2.24) is 4.98 Å². The van der Waals surface area contributed by atoms with Crippen LogP contribution in [0.1, 0.15) is 16.2 Å². The fourth-order valence-electron chi connectivity index (χ4n) is 2.89. The molecule has 4 rings (SSSR count). The minimum absolute atomic E-state index is 0.270. The normalized spacial score (nSPS) is 11.3. The Morgan fingerprint density at radius 3 is 2.87 bits per heavy atom. The number of ether oxygens (including phenoxy) is 1. The fourth-order valence-corrected chi connectivity index (χ4v) is 3.96. The quantitative estimate of drug-likeness (QED) is 0.376. The zero-order valence-corrected chi connectivity index (χ0v) is 17.4. The molecule has 0 radical (unpaired) electrons.